The summed E-state index contributed by atoms with van der Waals surface area (Å²) in [7, 11) is 1.66. The molecule has 0 radical (unpaired) electrons. The van der Waals surface area contributed by atoms with E-state index in [1.165, 1.54) is 6.92 Å². The quantitative estimate of drug-likeness (QED) is 0.738. The molecule has 0 spiro atoms. The van der Waals surface area contributed by atoms with E-state index in [2.05, 4.69) is 4.98 Å². The van der Waals surface area contributed by atoms with E-state index in [1.807, 2.05) is 6.92 Å². The van der Waals surface area contributed by atoms with Gasteiger partial charge in [-0.1, -0.05) is 0 Å². The van der Waals surface area contributed by atoms with Gasteiger partial charge in [0.2, 0.25) is 0 Å². The van der Waals surface area contributed by atoms with Crippen molar-refractivity contribution in [1.29, 1.82) is 0 Å². The third-order valence-electron chi connectivity index (χ3n) is 3.05. The van der Waals surface area contributed by atoms with Crippen molar-refractivity contribution in [2.45, 2.75) is 39.2 Å². The van der Waals surface area contributed by atoms with E-state index in [1.54, 1.807) is 13.3 Å². The minimum Gasteiger partial charge on any atom is -0.496 e. The summed E-state index contributed by atoms with van der Waals surface area (Å²) in [4.78, 5) is 15.5. The molecular weight excluding hydrogens is 218 g/mol. The number of rotatable bonds is 2. The number of esters is 1. The van der Waals surface area contributed by atoms with Gasteiger partial charge in [-0.05, 0) is 26.2 Å². The number of carbonyl (C=O) groups excluding carboxylic acids is 1. The van der Waals surface area contributed by atoms with Crippen molar-refractivity contribution in [3.8, 4) is 5.75 Å². The van der Waals surface area contributed by atoms with Crippen molar-refractivity contribution in [3.05, 3.63) is 23.0 Å². The first-order valence-corrected chi connectivity index (χ1v) is 5.83. The number of aryl methyl sites for hydroxylation is 1. The predicted octanol–water partition coefficient (Wildman–Crippen LogP) is 2.34. The molecule has 1 aliphatic rings. The normalized spacial score (nSPS) is 18.4. The molecule has 92 valence electrons. The van der Waals surface area contributed by atoms with Crippen molar-refractivity contribution < 1.29 is 14.3 Å². The Morgan fingerprint density at radius 3 is 2.94 bits per heavy atom. The maximum absolute atomic E-state index is 11.1. The predicted molar refractivity (Wildman–Crippen MR) is 63.0 cm³/mol. The number of ether oxygens (including phenoxy) is 2. The van der Waals surface area contributed by atoms with Crippen LogP contribution in [0, 0.1) is 6.92 Å². The zero-order valence-corrected chi connectivity index (χ0v) is 10.4. The maximum Gasteiger partial charge on any atom is 0.303 e. The maximum atomic E-state index is 11.1. The summed E-state index contributed by atoms with van der Waals surface area (Å²) in [5.74, 6) is 0.621. The Balaban J connectivity index is 2.42. The van der Waals surface area contributed by atoms with Gasteiger partial charge < -0.3 is 9.47 Å². The molecule has 0 fully saturated rings. The summed E-state index contributed by atoms with van der Waals surface area (Å²) < 4.78 is 10.7. The smallest absolute Gasteiger partial charge is 0.303 e. The Hall–Kier alpha value is -1.58. The average Bonchev–Trinajstić information content (AvgIpc) is 2.28. The third kappa shape index (κ3) is 2.25. The number of hydrogen-bond donors (Lipinski definition) is 0. The highest BCUT2D eigenvalue weighted by Gasteiger charge is 2.27. The minimum atomic E-state index is -0.260. The molecule has 0 aromatic carbocycles. The van der Waals surface area contributed by atoms with Crippen LogP contribution in [0.1, 0.15) is 42.7 Å². The van der Waals surface area contributed by atoms with Crippen LogP contribution in [0.15, 0.2) is 6.20 Å². The molecule has 1 aromatic rings. The van der Waals surface area contributed by atoms with E-state index in [0.29, 0.717) is 0 Å². The topological polar surface area (TPSA) is 48.4 Å². The van der Waals surface area contributed by atoms with Gasteiger partial charge in [0.05, 0.1) is 12.8 Å². The van der Waals surface area contributed by atoms with E-state index in [4.69, 9.17) is 9.47 Å². The van der Waals surface area contributed by atoms with Crippen LogP contribution in [0.2, 0.25) is 0 Å². The van der Waals surface area contributed by atoms with Crippen LogP contribution in [0.5, 0.6) is 5.75 Å². The third-order valence-corrected chi connectivity index (χ3v) is 3.05. The second-order valence-electron chi connectivity index (χ2n) is 4.33. The summed E-state index contributed by atoms with van der Waals surface area (Å²) >= 11 is 0. The summed E-state index contributed by atoms with van der Waals surface area (Å²) in [6, 6.07) is 0. The number of hydrogen-bond acceptors (Lipinski definition) is 4. The Bertz CT molecular complexity index is 443. The van der Waals surface area contributed by atoms with Crippen LogP contribution >= 0.6 is 0 Å². The summed E-state index contributed by atoms with van der Waals surface area (Å²) in [6.07, 6.45) is 4.33. The number of pyridine rings is 1. The molecule has 4 nitrogen and oxygen atoms in total. The van der Waals surface area contributed by atoms with E-state index in [9.17, 15) is 4.79 Å². The fourth-order valence-electron chi connectivity index (χ4n) is 2.38. The Labute approximate surface area is 101 Å². The second-order valence-corrected chi connectivity index (χ2v) is 4.33. The Morgan fingerprint density at radius 2 is 2.29 bits per heavy atom. The first kappa shape index (κ1) is 11.9. The van der Waals surface area contributed by atoms with Crippen LogP contribution in [0.25, 0.3) is 0 Å². The highest BCUT2D eigenvalue weighted by atomic mass is 16.5. The van der Waals surface area contributed by atoms with Crippen LogP contribution in [-0.4, -0.2) is 18.1 Å². The molecule has 0 bridgehead atoms. The van der Waals surface area contributed by atoms with Gasteiger partial charge in [0, 0.05) is 24.2 Å². The van der Waals surface area contributed by atoms with Gasteiger partial charge in [0.25, 0.3) is 0 Å². The monoisotopic (exact) mass is 235 g/mol. The summed E-state index contributed by atoms with van der Waals surface area (Å²) in [5.41, 5.74) is 2.97. The first-order valence-electron chi connectivity index (χ1n) is 5.83. The van der Waals surface area contributed by atoms with Gasteiger partial charge in [-0.25, -0.2) is 0 Å². The molecule has 0 saturated heterocycles. The number of carbonyl (C=O) groups is 1. The first-order chi connectivity index (χ1) is 8.13. The molecule has 0 N–H and O–H groups in total. The minimum absolute atomic E-state index is 0.217. The van der Waals surface area contributed by atoms with Crippen molar-refractivity contribution in [3.63, 3.8) is 0 Å². The molecule has 1 heterocycles. The van der Waals surface area contributed by atoms with Crippen LogP contribution in [-0.2, 0) is 16.0 Å². The molecule has 4 heteroatoms. The van der Waals surface area contributed by atoms with Gasteiger partial charge >= 0.3 is 5.97 Å². The molecule has 1 unspecified atom stereocenters. The molecule has 1 aromatic heterocycles. The van der Waals surface area contributed by atoms with Gasteiger partial charge in [0.1, 0.15) is 11.9 Å². The Kier molecular flexibility index (Phi) is 3.31. The van der Waals surface area contributed by atoms with E-state index in [-0.39, 0.29) is 12.1 Å². The molecule has 0 amide bonds. The summed E-state index contributed by atoms with van der Waals surface area (Å²) in [5, 5.41) is 0. The van der Waals surface area contributed by atoms with Crippen molar-refractivity contribution in [2.24, 2.45) is 0 Å². The zero-order chi connectivity index (χ0) is 12.4. The van der Waals surface area contributed by atoms with Crippen molar-refractivity contribution >= 4 is 5.97 Å². The molecule has 1 aliphatic carbocycles. The highest BCUT2D eigenvalue weighted by Crippen LogP contribution is 2.37. The van der Waals surface area contributed by atoms with E-state index in [0.717, 1.165) is 41.8 Å². The van der Waals surface area contributed by atoms with Crippen molar-refractivity contribution in [1.82, 2.24) is 4.98 Å². The number of fused-ring (bicyclic) bond motifs is 1. The SMILES string of the molecule is COc1c(C)cnc2c1CCCC2OC(C)=O. The molecule has 2 rings (SSSR count). The highest BCUT2D eigenvalue weighted by molar-refractivity contribution is 5.66. The summed E-state index contributed by atoms with van der Waals surface area (Å²) in [6.45, 7) is 3.40. The Morgan fingerprint density at radius 1 is 1.53 bits per heavy atom. The van der Waals surface area contributed by atoms with E-state index < -0.39 is 0 Å². The lowest BCUT2D eigenvalue weighted by molar-refractivity contribution is -0.147. The second kappa shape index (κ2) is 4.73. The fraction of sp³-hybridized carbons (Fsp3) is 0.538. The number of methoxy groups -OCH3 is 1. The van der Waals surface area contributed by atoms with Crippen LogP contribution in [0.4, 0.5) is 0 Å². The zero-order valence-electron chi connectivity index (χ0n) is 10.4. The fourth-order valence-corrected chi connectivity index (χ4v) is 2.38. The van der Waals surface area contributed by atoms with Crippen LogP contribution < -0.4 is 4.74 Å². The lowest BCUT2D eigenvalue weighted by Gasteiger charge is -2.26. The lowest BCUT2D eigenvalue weighted by Crippen LogP contribution is -2.18. The van der Waals surface area contributed by atoms with Gasteiger partial charge in [-0.2, -0.15) is 0 Å². The largest absolute Gasteiger partial charge is 0.496 e. The standard InChI is InChI=1S/C13H17NO3/c1-8-7-14-12-10(13(8)16-3)5-4-6-11(12)17-9(2)15/h7,11H,4-6H2,1-3H3. The lowest BCUT2D eigenvalue weighted by atomic mass is 9.92. The molecule has 0 aliphatic heterocycles. The van der Waals surface area contributed by atoms with E-state index >= 15 is 0 Å². The van der Waals surface area contributed by atoms with Crippen molar-refractivity contribution in [2.75, 3.05) is 7.11 Å². The molecular formula is C13H17NO3. The van der Waals surface area contributed by atoms with Gasteiger partial charge in [-0.15, -0.1) is 0 Å². The molecule has 17 heavy (non-hydrogen) atoms. The van der Waals surface area contributed by atoms with Gasteiger partial charge in [-0.3, -0.25) is 9.78 Å². The average molecular weight is 235 g/mol. The molecule has 0 saturated carbocycles. The van der Waals surface area contributed by atoms with Crippen LogP contribution in [0.3, 0.4) is 0 Å². The molecule has 1 atom stereocenters. The number of aromatic nitrogens is 1. The number of nitrogens with zero attached hydrogens (tertiary/aromatic N) is 1. The van der Waals surface area contributed by atoms with Gasteiger partial charge in [0.15, 0.2) is 0 Å².